The van der Waals surface area contributed by atoms with Crippen LogP contribution >= 0.6 is 11.6 Å². The molecule has 1 aromatic heterocycles. The van der Waals surface area contributed by atoms with E-state index in [0.29, 0.717) is 11.4 Å². The first-order chi connectivity index (χ1) is 8.97. The van der Waals surface area contributed by atoms with Crippen LogP contribution in [0.25, 0.3) is 0 Å². The summed E-state index contributed by atoms with van der Waals surface area (Å²) in [6.45, 7) is 3.95. The van der Waals surface area contributed by atoms with Crippen LogP contribution in [0.4, 0.5) is 4.39 Å². The Balaban J connectivity index is 2.20. The molecule has 0 saturated heterocycles. The number of nitrogens with zero attached hydrogens (tertiary/aromatic N) is 3. The average molecular weight is 284 g/mol. The Labute approximate surface area is 115 Å². The van der Waals surface area contributed by atoms with Gasteiger partial charge in [0.05, 0.1) is 6.10 Å². The van der Waals surface area contributed by atoms with Gasteiger partial charge in [-0.2, -0.15) is 5.10 Å². The van der Waals surface area contributed by atoms with Crippen molar-refractivity contribution in [2.45, 2.75) is 32.4 Å². The second kappa shape index (κ2) is 5.67. The van der Waals surface area contributed by atoms with Crippen molar-refractivity contribution in [3.05, 3.63) is 46.8 Å². The molecule has 19 heavy (non-hydrogen) atoms. The molecule has 1 unspecified atom stereocenters. The van der Waals surface area contributed by atoms with E-state index < -0.39 is 11.9 Å². The molecule has 1 atom stereocenters. The first kappa shape index (κ1) is 14.0. The van der Waals surface area contributed by atoms with E-state index in [4.69, 9.17) is 11.6 Å². The minimum Gasteiger partial charge on any atom is -0.388 e. The average Bonchev–Trinajstić information content (AvgIpc) is 2.75. The monoisotopic (exact) mass is 283 g/mol. The van der Waals surface area contributed by atoms with Crippen molar-refractivity contribution in [2.24, 2.45) is 0 Å². The molecule has 0 bridgehead atoms. The molecule has 0 radical (unpaired) electrons. The van der Waals surface area contributed by atoms with E-state index >= 15 is 0 Å². The lowest BCUT2D eigenvalue weighted by molar-refractivity contribution is 0.173. The molecule has 0 aliphatic heterocycles. The predicted octanol–water partition coefficient (Wildman–Crippen LogP) is 2.93. The third-order valence-corrected chi connectivity index (χ3v) is 3.00. The molecule has 1 heterocycles. The van der Waals surface area contributed by atoms with E-state index in [9.17, 15) is 9.50 Å². The molecule has 102 valence electrons. The smallest absolute Gasteiger partial charge is 0.138 e. The lowest BCUT2D eigenvalue weighted by Crippen LogP contribution is -2.12. The molecular formula is C13H15ClFN3O. The molecule has 4 nitrogen and oxygen atoms in total. The number of halogens is 2. The summed E-state index contributed by atoms with van der Waals surface area (Å²) < 4.78 is 15.0. The summed E-state index contributed by atoms with van der Waals surface area (Å²) >= 11 is 5.77. The van der Waals surface area contributed by atoms with Crippen molar-refractivity contribution in [1.29, 1.82) is 0 Å². The lowest BCUT2D eigenvalue weighted by atomic mass is 10.1. The topological polar surface area (TPSA) is 50.9 Å². The molecule has 0 aliphatic carbocycles. The maximum Gasteiger partial charge on any atom is 0.138 e. The minimum absolute atomic E-state index is 0.154. The highest BCUT2D eigenvalue weighted by Gasteiger charge is 2.15. The van der Waals surface area contributed by atoms with Gasteiger partial charge in [0.1, 0.15) is 18.0 Å². The summed E-state index contributed by atoms with van der Waals surface area (Å²) in [7, 11) is 0. The second-order valence-corrected chi connectivity index (χ2v) is 5.07. The first-order valence-electron chi connectivity index (χ1n) is 6.00. The quantitative estimate of drug-likeness (QED) is 0.938. The van der Waals surface area contributed by atoms with E-state index in [0.717, 1.165) is 0 Å². The highest BCUT2D eigenvalue weighted by Crippen LogP contribution is 2.23. The Morgan fingerprint density at radius 3 is 2.74 bits per heavy atom. The van der Waals surface area contributed by atoms with Crippen molar-refractivity contribution in [2.75, 3.05) is 0 Å². The zero-order valence-corrected chi connectivity index (χ0v) is 11.5. The summed E-state index contributed by atoms with van der Waals surface area (Å²) in [5, 5.41) is 14.5. The molecule has 1 aromatic carbocycles. The van der Waals surface area contributed by atoms with Crippen molar-refractivity contribution >= 4 is 11.6 Å². The largest absolute Gasteiger partial charge is 0.388 e. The second-order valence-electron chi connectivity index (χ2n) is 4.64. The molecular weight excluding hydrogens is 269 g/mol. The van der Waals surface area contributed by atoms with E-state index in [1.807, 2.05) is 13.8 Å². The summed E-state index contributed by atoms with van der Waals surface area (Å²) in [6.07, 6.45) is 0.841. The number of aliphatic hydroxyl groups is 1. The Bertz CT molecular complexity index is 551. The highest BCUT2D eigenvalue weighted by molar-refractivity contribution is 6.30. The molecule has 0 spiro atoms. The van der Waals surface area contributed by atoms with E-state index in [-0.39, 0.29) is 17.5 Å². The molecule has 1 N–H and O–H groups in total. The fraction of sp³-hybridized carbons (Fsp3) is 0.385. The van der Waals surface area contributed by atoms with Crippen LogP contribution in [-0.4, -0.2) is 19.9 Å². The molecule has 0 aliphatic rings. The number of aliphatic hydroxyl groups excluding tert-OH is 1. The van der Waals surface area contributed by atoms with Crippen molar-refractivity contribution in [1.82, 2.24) is 14.8 Å². The van der Waals surface area contributed by atoms with Gasteiger partial charge < -0.3 is 5.11 Å². The molecule has 2 rings (SSSR count). The van der Waals surface area contributed by atoms with Crippen LogP contribution in [0.3, 0.4) is 0 Å². The zero-order valence-electron chi connectivity index (χ0n) is 10.7. The van der Waals surface area contributed by atoms with Gasteiger partial charge in [0.25, 0.3) is 0 Å². The summed E-state index contributed by atoms with van der Waals surface area (Å²) in [4.78, 5) is 4.11. The molecule has 0 saturated carbocycles. The molecule has 0 fully saturated rings. The third kappa shape index (κ3) is 3.30. The number of hydrogen-bond acceptors (Lipinski definition) is 3. The molecule has 2 aromatic rings. The van der Waals surface area contributed by atoms with Gasteiger partial charge >= 0.3 is 0 Å². The normalized spacial score (nSPS) is 12.9. The fourth-order valence-corrected chi connectivity index (χ4v) is 2.14. The zero-order chi connectivity index (χ0) is 14.0. The van der Waals surface area contributed by atoms with Crippen LogP contribution in [0, 0.1) is 5.82 Å². The lowest BCUT2D eigenvalue weighted by Gasteiger charge is -2.14. The van der Waals surface area contributed by atoms with Crippen LogP contribution in [0.1, 0.15) is 37.4 Å². The number of hydrogen-bond donors (Lipinski definition) is 1. The Morgan fingerprint density at radius 2 is 2.11 bits per heavy atom. The van der Waals surface area contributed by atoms with Crippen molar-refractivity contribution < 1.29 is 9.50 Å². The molecule has 6 heteroatoms. The van der Waals surface area contributed by atoms with Gasteiger partial charge in [-0.15, -0.1) is 0 Å². The first-order valence-corrected chi connectivity index (χ1v) is 6.37. The van der Waals surface area contributed by atoms with Crippen LogP contribution in [0.15, 0.2) is 24.5 Å². The predicted molar refractivity (Wildman–Crippen MR) is 70.5 cm³/mol. The van der Waals surface area contributed by atoms with Crippen molar-refractivity contribution in [3.8, 4) is 0 Å². The summed E-state index contributed by atoms with van der Waals surface area (Å²) in [5.41, 5.74) is 0.434. The highest BCUT2D eigenvalue weighted by atomic mass is 35.5. The van der Waals surface area contributed by atoms with Gasteiger partial charge in [0, 0.05) is 17.5 Å². The van der Waals surface area contributed by atoms with Gasteiger partial charge in [0.2, 0.25) is 0 Å². The fourth-order valence-electron chi connectivity index (χ4n) is 1.91. The minimum atomic E-state index is -0.866. The summed E-state index contributed by atoms with van der Waals surface area (Å²) in [5.74, 6) is 0.190. The standard InChI is InChI=1S/C13H15ClFN3O/c1-8(2)18-13(16-7-17-18)6-12(19)9-3-10(14)5-11(15)4-9/h3-5,7-8,12,19H,6H2,1-2H3. The van der Waals surface area contributed by atoms with E-state index in [1.54, 1.807) is 10.7 Å². The van der Waals surface area contributed by atoms with E-state index in [1.165, 1.54) is 18.5 Å². The van der Waals surface area contributed by atoms with Gasteiger partial charge in [0.15, 0.2) is 0 Å². The van der Waals surface area contributed by atoms with Crippen LogP contribution in [0.2, 0.25) is 5.02 Å². The number of aromatic nitrogens is 3. The maximum absolute atomic E-state index is 13.2. The maximum atomic E-state index is 13.2. The SMILES string of the molecule is CC(C)n1ncnc1CC(O)c1cc(F)cc(Cl)c1. The molecule has 0 amide bonds. The van der Waals surface area contributed by atoms with Gasteiger partial charge in [-0.05, 0) is 37.6 Å². The van der Waals surface area contributed by atoms with E-state index in [2.05, 4.69) is 10.1 Å². The van der Waals surface area contributed by atoms with Crippen molar-refractivity contribution in [3.63, 3.8) is 0 Å². The van der Waals surface area contributed by atoms with Crippen LogP contribution in [-0.2, 0) is 6.42 Å². The van der Waals surface area contributed by atoms with Crippen LogP contribution < -0.4 is 0 Å². The number of rotatable bonds is 4. The van der Waals surface area contributed by atoms with Crippen LogP contribution in [0.5, 0.6) is 0 Å². The van der Waals surface area contributed by atoms with Gasteiger partial charge in [-0.3, -0.25) is 0 Å². The Kier molecular flexibility index (Phi) is 4.17. The third-order valence-electron chi connectivity index (χ3n) is 2.78. The summed E-state index contributed by atoms with van der Waals surface area (Å²) in [6, 6.07) is 4.17. The Morgan fingerprint density at radius 1 is 1.37 bits per heavy atom. The number of benzene rings is 1. The van der Waals surface area contributed by atoms with Gasteiger partial charge in [-0.1, -0.05) is 11.6 Å². The van der Waals surface area contributed by atoms with Gasteiger partial charge in [-0.25, -0.2) is 14.1 Å². The Hall–Kier alpha value is -1.46.